The molecule has 0 atom stereocenters. The number of carbonyl (C=O) groups is 2. The molecule has 0 radical (unpaired) electrons. The predicted octanol–water partition coefficient (Wildman–Crippen LogP) is 2.34. The van der Waals surface area contributed by atoms with Gasteiger partial charge in [0.1, 0.15) is 11.2 Å². The lowest BCUT2D eigenvalue weighted by Crippen LogP contribution is -2.33. The zero-order valence-electron chi connectivity index (χ0n) is 15.0. The fourth-order valence-corrected chi connectivity index (χ4v) is 2.14. The van der Waals surface area contributed by atoms with Crippen LogP contribution in [0.15, 0.2) is 35.3 Å². The number of ether oxygens (including phenoxy) is 2. The Morgan fingerprint density at radius 3 is 2.33 bits per heavy atom. The van der Waals surface area contributed by atoms with E-state index in [0.29, 0.717) is 23.5 Å². The third-order valence-electron chi connectivity index (χ3n) is 2.98. The van der Waals surface area contributed by atoms with E-state index in [2.05, 4.69) is 10.7 Å². The highest BCUT2D eigenvalue weighted by Gasteiger charge is 2.30. The van der Waals surface area contributed by atoms with Crippen molar-refractivity contribution in [2.75, 3.05) is 6.54 Å². The van der Waals surface area contributed by atoms with Crippen LogP contribution in [0.4, 0.5) is 4.79 Å². The molecule has 2 aliphatic rings. The molecule has 0 aromatic carbocycles. The molecule has 0 aromatic rings. The maximum atomic E-state index is 12.3. The van der Waals surface area contributed by atoms with E-state index in [4.69, 9.17) is 9.47 Å². The molecule has 0 spiro atoms. The van der Waals surface area contributed by atoms with E-state index in [1.807, 2.05) is 20.8 Å². The van der Waals surface area contributed by atoms with Gasteiger partial charge < -0.3 is 9.47 Å². The first-order valence-electron chi connectivity index (χ1n) is 7.84. The van der Waals surface area contributed by atoms with Gasteiger partial charge in [-0.2, -0.15) is 0 Å². The van der Waals surface area contributed by atoms with E-state index >= 15 is 0 Å². The molecule has 7 heteroatoms. The summed E-state index contributed by atoms with van der Waals surface area (Å²) in [4.78, 5) is 24.2. The highest BCUT2D eigenvalue weighted by molar-refractivity contribution is 5.91. The summed E-state index contributed by atoms with van der Waals surface area (Å²) in [7, 11) is 0. The molecule has 132 valence electrons. The first-order valence-corrected chi connectivity index (χ1v) is 7.84. The van der Waals surface area contributed by atoms with Gasteiger partial charge in [-0.05, 0) is 53.7 Å². The zero-order chi connectivity index (χ0) is 18.1. The van der Waals surface area contributed by atoms with Crippen molar-refractivity contribution < 1.29 is 19.1 Å². The zero-order valence-corrected chi connectivity index (χ0v) is 15.0. The Kier molecular flexibility index (Phi) is 4.75. The van der Waals surface area contributed by atoms with Crippen molar-refractivity contribution in [3.63, 3.8) is 0 Å². The molecule has 1 amide bonds. The largest absolute Gasteiger partial charge is 0.457 e. The van der Waals surface area contributed by atoms with Gasteiger partial charge in [0.15, 0.2) is 0 Å². The maximum Gasteiger partial charge on any atom is 0.412 e. The van der Waals surface area contributed by atoms with E-state index in [-0.39, 0.29) is 5.97 Å². The monoisotopic (exact) mass is 335 g/mol. The Labute approximate surface area is 142 Å². The van der Waals surface area contributed by atoms with Crippen LogP contribution in [0.5, 0.6) is 0 Å². The van der Waals surface area contributed by atoms with Crippen LogP contribution in [0, 0.1) is 0 Å². The molecule has 0 aromatic heterocycles. The lowest BCUT2D eigenvalue weighted by atomic mass is 10.1. The fourth-order valence-electron chi connectivity index (χ4n) is 2.14. The van der Waals surface area contributed by atoms with E-state index < -0.39 is 17.3 Å². The summed E-state index contributed by atoms with van der Waals surface area (Å²) in [6, 6.07) is 0. The molecule has 0 saturated carbocycles. The van der Waals surface area contributed by atoms with E-state index in [0.717, 1.165) is 0 Å². The maximum absolute atomic E-state index is 12.3. The van der Waals surface area contributed by atoms with E-state index in [9.17, 15) is 9.59 Å². The van der Waals surface area contributed by atoms with Crippen molar-refractivity contribution in [2.24, 2.45) is 0 Å². The number of allylic oxidation sites excluding steroid dienone is 2. The standard InChI is InChI=1S/C17H25N3O4/c1-16(2,3)23-14(21)12-10-18-20-8-7-11(9-13(12)20)19-15(22)24-17(4,5)6/h7-9,18H,10H2,1-6H3,(H,19,22). The minimum Gasteiger partial charge on any atom is -0.457 e. The van der Waals surface area contributed by atoms with Gasteiger partial charge in [0, 0.05) is 18.4 Å². The molecule has 0 saturated heterocycles. The molecule has 7 nitrogen and oxygen atoms in total. The average molecular weight is 335 g/mol. The van der Waals surface area contributed by atoms with E-state index in [1.165, 1.54) is 0 Å². The smallest absolute Gasteiger partial charge is 0.412 e. The van der Waals surface area contributed by atoms with Crippen LogP contribution < -0.4 is 10.7 Å². The molecule has 0 fully saturated rings. The number of rotatable bonds is 2. The van der Waals surface area contributed by atoms with Crippen LogP contribution >= 0.6 is 0 Å². The summed E-state index contributed by atoms with van der Waals surface area (Å²) in [5.74, 6) is -0.379. The molecule has 2 rings (SSSR count). The lowest BCUT2D eigenvalue weighted by Gasteiger charge is -2.23. The Bertz CT molecular complexity index is 633. The third kappa shape index (κ3) is 4.86. The normalized spacial score (nSPS) is 17.4. The summed E-state index contributed by atoms with van der Waals surface area (Å²) in [6.45, 7) is 11.2. The number of esters is 1. The number of fused-ring (bicyclic) bond motifs is 1. The average Bonchev–Trinajstić information content (AvgIpc) is 2.77. The molecule has 24 heavy (non-hydrogen) atoms. The van der Waals surface area contributed by atoms with Gasteiger partial charge >= 0.3 is 12.1 Å². The molecule has 0 unspecified atom stereocenters. The van der Waals surface area contributed by atoms with Gasteiger partial charge in [-0.15, -0.1) is 0 Å². The number of alkyl carbamates (subject to hydrolysis) is 1. The molecule has 2 N–H and O–H groups in total. The number of nitrogens with one attached hydrogen (secondary N) is 2. The second kappa shape index (κ2) is 6.32. The molecule has 0 bridgehead atoms. The highest BCUT2D eigenvalue weighted by atomic mass is 16.6. The van der Waals surface area contributed by atoms with Crippen molar-refractivity contribution >= 4 is 12.1 Å². The Hall–Kier alpha value is -2.28. The summed E-state index contributed by atoms with van der Waals surface area (Å²) < 4.78 is 10.7. The molecule has 2 aliphatic heterocycles. The van der Waals surface area contributed by atoms with Crippen LogP contribution in [0.25, 0.3) is 0 Å². The van der Waals surface area contributed by atoms with Crippen LogP contribution in [-0.2, 0) is 14.3 Å². The molecule has 2 heterocycles. The number of hydrazine groups is 1. The van der Waals surface area contributed by atoms with Crippen molar-refractivity contribution in [3.8, 4) is 0 Å². The van der Waals surface area contributed by atoms with Gasteiger partial charge in [-0.1, -0.05) is 0 Å². The Morgan fingerprint density at radius 2 is 1.75 bits per heavy atom. The lowest BCUT2D eigenvalue weighted by molar-refractivity contribution is -0.149. The SMILES string of the molecule is CC(C)(C)OC(=O)NC1=CC2=C(C(=O)OC(C)(C)C)CNN2C=C1. The van der Waals surface area contributed by atoms with Gasteiger partial charge in [0.05, 0.1) is 11.3 Å². The van der Waals surface area contributed by atoms with Crippen LogP contribution in [0.3, 0.4) is 0 Å². The number of hydrogen-bond acceptors (Lipinski definition) is 6. The number of nitrogens with zero attached hydrogens (tertiary/aromatic N) is 1. The van der Waals surface area contributed by atoms with Gasteiger partial charge in [-0.25, -0.2) is 15.0 Å². The van der Waals surface area contributed by atoms with E-state index in [1.54, 1.807) is 44.1 Å². The number of amides is 1. The fraction of sp³-hybridized carbons (Fsp3) is 0.529. The van der Waals surface area contributed by atoms with Crippen molar-refractivity contribution in [1.29, 1.82) is 0 Å². The Balaban J connectivity index is 2.15. The van der Waals surface area contributed by atoms with Crippen molar-refractivity contribution in [3.05, 3.63) is 35.3 Å². The summed E-state index contributed by atoms with van der Waals surface area (Å²) in [6.07, 6.45) is 4.62. The van der Waals surface area contributed by atoms with Crippen LogP contribution in [0.2, 0.25) is 0 Å². The summed E-state index contributed by atoms with van der Waals surface area (Å²) in [5, 5.41) is 4.39. The van der Waals surface area contributed by atoms with Crippen molar-refractivity contribution in [2.45, 2.75) is 52.7 Å². The minimum absolute atomic E-state index is 0.366. The minimum atomic E-state index is -0.578. The first kappa shape index (κ1) is 18.1. The third-order valence-corrected chi connectivity index (χ3v) is 2.98. The Morgan fingerprint density at radius 1 is 1.12 bits per heavy atom. The number of carbonyl (C=O) groups excluding carboxylic acids is 2. The van der Waals surface area contributed by atoms with Gasteiger partial charge in [0.25, 0.3) is 0 Å². The van der Waals surface area contributed by atoms with Crippen LogP contribution in [0.1, 0.15) is 41.5 Å². The van der Waals surface area contributed by atoms with Gasteiger partial charge in [-0.3, -0.25) is 10.3 Å². The highest BCUT2D eigenvalue weighted by Crippen LogP contribution is 2.24. The summed E-state index contributed by atoms with van der Waals surface area (Å²) >= 11 is 0. The van der Waals surface area contributed by atoms with Gasteiger partial charge in [0.2, 0.25) is 0 Å². The topological polar surface area (TPSA) is 79.9 Å². The summed E-state index contributed by atoms with van der Waals surface area (Å²) in [5.41, 5.74) is 3.63. The number of hydrogen-bond donors (Lipinski definition) is 2. The predicted molar refractivity (Wildman–Crippen MR) is 89.3 cm³/mol. The van der Waals surface area contributed by atoms with Crippen molar-refractivity contribution in [1.82, 2.24) is 15.8 Å². The first-order chi connectivity index (χ1) is 10.9. The second-order valence-electron chi connectivity index (χ2n) is 7.61. The van der Waals surface area contributed by atoms with Crippen LogP contribution in [-0.4, -0.2) is 34.8 Å². The second-order valence-corrected chi connectivity index (χ2v) is 7.61. The molecule has 0 aliphatic carbocycles. The molecular weight excluding hydrogens is 310 g/mol. The quantitative estimate of drug-likeness (QED) is 0.754. The molecular formula is C17H25N3O4.